The highest BCUT2D eigenvalue weighted by atomic mass is 16.5. The maximum atomic E-state index is 6.07. The van der Waals surface area contributed by atoms with Gasteiger partial charge in [-0.2, -0.15) is 5.10 Å². The van der Waals surface area contributed by atoms with Crippen molar-refractivity contribution in [1.82, 2.24) is 9.78 Å². The maximum Gasteiger partial charge on any atom is 0.148 e. The summed E-state index contributed by atoms with van der Waals surface area (Å²) >= 11 is 0. The summed E-state index contributed by atoms with van der Waals surface area (Å²) in [5.74, 6) is 0.941. The van der Waals surface area contributed by atoms with Crippen molar-refractivity contribution in [2.24, 2.45) is 0 Å². The molecule has 1 saturated carbocycles. The third-order valence-corrected chi connectivity index (χ3v) is 3.91. The van der Waals surface area contributed by atoms with Gasteiger partial charge in [-0.3, -0.25) is 0 Å². The van der Waals surface area contributed by atoms with E-state index in [9.17, 15) is 0 Å². The number of ether oxygens (including phenoxy) is 1. The summed E-state index contributed by atoms with van der Waals surface area (Å²) in [5, 5.41) is 7.83. The average molecular weight is 280 g/mol. The number of rotatable bonds is 7. The first-order chi connectivity index (χ1) is 9.72. The zero-order chi connectivity index (χ0) is 14.4. The molecule has 1 aliphatic carbocycles. The highest BCUT2D eigenvalue weighted by molar-refractivity contribution is 5.64. The summed E-state index contributed by atoms with van der Waals surface area (Å²) in [6.45, 7) is 6.51. The van der Waals surface area contributed by atoms with Gasteiger partial charge >= 0.3 is 0 Å². The lowest BCUT2D eigenvalue weighted by molar-refractivity contribution is 0.0347. The van der Waals surface area contributed by atoms with Gasteiger partial charge in [-0.05, 0) is 26.2 Å². The molecule has 5 heteroatoms. The minimum absolute atomic E-state index is 0.463. The fourth-order valence-electron chi connectivity index (χ4n) is 2.78. The summed E-state index contributed by atoms with van der Waals surface area (Å²) < 4.78 is 7.88. The van der Waals surface area contributed by atoms with Gasteiger partial charge in [0.05, 0.1) is 24.1 Å². The van der Waals surface area contributed by atoms with E-state index in [1.807, 2.05) is 11.6 Å². The molecule has 114 valence electrons. The number of anilines is 2. The second kappa shape index (κ2) is 7.53. The van der Waals surface area contributed by atoms with Crippen LogP contribution in [0.5, 0.6) is 0 Å². The molecule has 0 saturated heterocycles. The molecule has 0 aliphatic heterocycles. The van der Waals surface area contributed by atoms with Crippen LogP contribution < -0.4 is 11.1 Å². The Bertz CT molecular complexity index is 410. The number of nitrogens with zero attached hydrogens (tertiary/aromatic N) is 2. The number of nitrogens with two attached hydrogens (primary N) is 1. The van der Waals surface area contributed by atoms with Gasteiger partial charge in [0.1, 0.15) is 5.82 Å². The topological polar surface area (TPSA) is 65.1 Å². The third-order valence-electron chi connectivity index (χ3n) is 3.91. The van der Waals surface area contributed by atoms with E-state index in [1.54, 1.807) is 0 Å². The molecule has 3 N–H and O–H groups in total. The summed E-state index contributed by atoms with van der Waals surface area (Å²) in [6.07, 6.45) is 7.94. The van der Waals surface area contributed by atoms with Crippen LogP contribution in [0.15, 0.2) is 0 Å². The Labute approximate surface area is 121 Å². The van der Waals surface area contributed by atoms with Crippen molar-refractivity contribution in [1.29, 1.82) is 0 Å². The molecule has 1 aromatic rings. The number of hydrogen-bond donors (Lipinski definition) is 2. The lowest BCUT2D eigenvalue weighted by Crippen LogP contribution is -2.21. The maximum absolute atomic E-state index is 6.07. The van der Waals surface area contributed by atoms with Crippen LogP contribution in [-0.4, -0.2) is 29.0 Å². The molecule has 0 unspecified atom stereocenters. The molecule has 0 atom stereocenters. The van der Waals surface area contributed by atoms with Gasteiger partial charge in [0.2, 0.25) is 0 Å². The average Bonchev–Trinajstić information content (AvgIpc) is 2.72. The number of nitrogen functional groups attached to an aromatic ring is 1. The molecular formula is C15H28N4O. The Morgan fingerprint density at radius 1 is 1.35 bits per heavy atom. The quantitative estimate of drug-likeness (QED) is 0.754. The van der Waals surface area contributed by atoms with Crippen molar-refractivity contribution in [2.75, 3.05) is 24.2 Å². The Kier molecular flexibility index (Phi) is 5.71. The second-order valence-corrected chi connectivity index (χ2v) is 5.63. The molecule has 0 spiro atoms. The summed E-state index contributed by atoms with van der Waals surface area (Å²) in [4.78, 5) is 0. The van der Waals surface area contributed by atoms with Crippen molar-refractivity contribution in [3.05, 3.63) is 5.69 Å². The number of nitrogens with one attached hydrogen (secondary N) is 1. The molecule has 2 rings (SSSR count). The Balaban J connectivity index is 1.78. The van der Waals surface area contributed by atoms with Gasteiger partial charge in [0.25, 0.3) is 0 Å². The summed E-state index contributed by atoms with van der Waals surface area (Å²) in [7, 11) is 0. The Morgan fingerprint density at radius 2 is 2.10 bits per heavy atom. The summed E-state index contributed by atoms with van der Waals surface area (Å²) in [6, 6.07) is 0. The zero-order valence-electron chi connectivity index (χ0n) is 12.8. The first-order valence-corrected chi connectivity index (χ1v) is 7.90. The number of hydrogen-bond acceptors (Lipinski definition) is 4. The van der Waals surface area contributed by atoms with Crippen LogP contribution in [0.25, 0.3) is 0 Å². The van der Waals surface area contributed by atoms with Crippen molar-refractivity contribution < 1.29 is 4.74 Å². The number of aryl methyl sites for hydroxylation is 2. The third kappa shape index (κ3) is 3.88. The fraction of sp³-hybridized carbons (Fsp3) is 0.800. The van der Waals surface area contributed by atoms with Crippen LogP contribution in [0, 0.1) is 6.92 Å². The predicted molar refractivity (Wildman–Crippen MR) is 83.0 cm³/mol. The van der Waals surface area contributed by atoms with Crippen LogP contribution in [0.2, 0.25) is 0 Å². The van der Waals surface area contributed by atoms with E-state index >= 15 is 0 Å². The van der Waals surface area contributed by atoms with Gasteiger partial charge < -0.3 is 15.8 Å². The number of aromatic nitrogens is 2. The molecule has 20 heavy (non-hydrogen) atoms. The normalized spacial score (nSPS) is 16.5. The molecule has 1 heterocycles. The fourth-order valence-corrected chi connectivity index (χ4v) is 2.78. The SMILES string of the molecule is CCCn1nc(C)c(N)c1NCCOC1CCCCC1. The molecule has 1 fully saturated rings. The molecule has 0 bridgehead atoms. The van der Waals surface area contributed by atoms with E-state index in [4.69, 9.17) is 10.5 Å². The van der Waals surface area contributed by atoms with Crippen molar-refractivity contribution in [2.45, 2.75) is 65.0 Å². The first-order valence-electron chi connectivity index (χ1n) is 7.90. The second-order valence-electron chi connectivity index (χ2n) is 5.63. The van der Waals surface area contributed by atoms with E-state index in [0.717, 1.165) is 43.3 Å². The van der Waals surface area contributed by atoms with Gasteiger partial charge in [-0.25, -0.2) is 4.68 Å². The van der Waals surface area contributed by atoms with Crippen LogP contribution in [0.1, 0.15) is 51.1 Å². The first kappa shape index (κ1) is 15.2. The van der Waals surface area contributed by atoms with Crippen molar-refractivity contribution in [3.63, 3.8) is 0 Å². The Morgan fingerprint density at radius 3 is 2.80 bits per heavy atom. The largest absolute Gasteiger partial charge is 0.394 e. The molecular weight excluding hydrogens is 252 g/mol. The monoisotopic (exact) mass is 280 g/mol. The van der Waals surface area contributed by atoms with E-state index < -0.39 is 0 Å². The highest BCUT2D eigenvalue weighted by Crippen LogP contribution is 2.23. The zero-order valence-corrected chi connectivity index (χ0v) is 12.8. The molecule has 1 aromatic heterocycles. The van der Waals surface area contributed by atoms with Gasteiger partial charge in [0, 0.05) is 13.1 Å². The van der Waals surface area contributed by atoms with Gasteiger partial charge in [0.15, 0.2) is 0 Å². The van der Waals surface area contributed by atoms with Crippen LogP contribution in [0.4, 0.5) is 11.5 Å². The van der Waals surface area contributed by atoms with Gasteiger partial charge in [-0.15, -0.1) is 0 Å². The lowest BCUT2D eigenvalue weighted by atomic mass is 9.98. The molecule has 0 amide bonds. The predicted octanol–water partition coefficient (Wildman–Crippen LogP) is 2.94. The molecule has 0 radical (unpaired) electrons. The molecule has 5 nitrogen and oxygen atoms in total. The van der Waals surface area contributed by atoms with E-state index in [1.165, 1.54) is 32.1 Å². The van der Waals surface area contributed by atoms with Crippen LogP contribution in [0.3, 0.4) is 0 Å². The Hall–Kier alpha value is -1.23. The van der Waals surface area contributed by atoms with Crippen molar-refractivity contribution in [3.8, 4) is 0 Å². The standard InChI is InChI=1S/C15H28N4O/c1-3-10-19-15(14(16)12(2)18-19)17-9-11-20-13-7-5-4-6-8-13/h13,17H,3-11,16H2,1-2H3. The van der Waals surface area contributed by atoms with Gasteiger partial charge in [-0.1, -0.05) is 26.2 Å². The van der Waals surface area contributed by atoms with E-state index in [-0.39, 0.29) is 0 Å². The highest BCUT2D eigenvalue weighted by Gasteiger charge is 2.14. The van der Waals surface area contributed by atoms with E-state index in [2.05, 4.69) is 17.3 Å². The van der Waals surface area contributed by atoms with Crippen LogP contribution >= 0.6 is 0 Å². The van der Waals surface area contributed by atoms with E-state index in [0.29, 0.717) is 6.10 Å². The molecule has 1 aliphatic rings. The lowest BCUT2D eigenvalue weighted by Gasteiger charge is -2.22. The smallest absolute Gasteiger partial charge is 0.148 e. The van der Waals surface area contributed by atoms with Crippen LogP contribution in [-0.2, 0) is 11.3 Å². The minimum atomic E-state index is 0.463. The minimum Gasteiger partial charge on any atom is -0.394 e. The summed E-state index contributed by atoms with van der Waals surface area (Å²) in [5.41, 5.74) is 7.73. The molecule has 0 aromatic carbocycles. The van der Waals surface area contributed by atoms with Crippen molar-refractivity contribution >= 4 is 11.5 Å².